The summed E-state index contributed by atoms with van der Waals surface area (Å²) in [4.78, 5) is 15.4. The molecule has 12 heteroatoms. The minimum Gasteiger partial charge on any atom is -0.711 e. The fourth-order valence-corrected chi connectivity index (χ4v) is 3.35. The van der Waals surface area contributed by atoms with Crippen LogP contribution in [0.4, 0.5) is 23.8 Å². The van der Waals surface area contributed by atoms with E-state index in [4.69, 9.17) is 0 Å². The van der Waals surface area contributed by atoms with E-state index in [9.17, 15) is 28.4 Å². The molecule has 3 heterocycles. The molecule has 0 aliphatic carbocycles. The summed E-state index contributed by atoms with van der Waals surface area (Å²) < 4.78 is 39.8. The Bertz CT molecular complexity index is 1060. The number of carbonyl (C=O) groups is 1. The highest BCUT2D eigenvalue weighted by atomic mass is 32.1. The molecule has 0 radical (unpaired) electrons. The highest BCUT2D eigenvalue weighted by Gasteiger charge is 2.34. The highest BCUT2D eigenvalue weighted by molar-refractivity contribution is 7.13. The molecule has 0 saturated carbocycles. The molecule has 0 aromatic carbocycles. The van der Waals surface area contributed by atoms with Crippen molar-refractivity contribution in [2.45, 2.75) is 13.1 Å². The van der Waals surface area contributed by atoms with Crippen molar-refractivity contribution in [3.8, 4) is 21.7 Å². The van der Waals surface area contributed by atoms with E-state index < -0.39 is 17.9 Å². The summed E-state index contributed by atoms with van der Waals surface area (Å²) >= 11 is 0.731. The zero-order valence-corrected chi connectivity index (χ0v) is 15.7. The molecule has 8 nitrogen and oxygen atoms in total. The number of anilines is 1. The van der Waals surface area contributed by atoms with Crippen LogP contribution in [0.2, 0.25) is 0 Å². The van der Waals surface area contributed by atoms with Crippen LogP contribution in [-0.4, -0.2) is 17.6 Å². The van der Waals surface area contributed by atoms with Gasteiger partial charge in [-0.3, -0.25) is 0 Å². The van der Waals surface area contributed by atoms with Crippen molar-refractivity contribution in [2.75, 3.05) is 11.9 Å². The second-order valence-corrected chi connectivity index (χ2v) is 6.64. The van der Waals surface area contributed by atoms with Gasteiger partial charge in [-0.05, 0) is 13.0 Å². The number of aromatic nitrogens is 3. The lowest BCUT2D eigenvalue weighted by atomic mass is 10.0. The average Bonchev–Trinajstić information content (AvgIpc) is 3.14. The molecule has 3 aromatic rings. The zero-order valence-electron chi connectivity index (χ0n) is 14.9. The van der Waals surface area contributed by atoms with Gasteiger partial charge in [0.25, 0.3) is 5.82 Å². The van der Waals surface area contributed by atoms with Gasteiger partial charge in [0, 0.05) is 35.2 Å². The Hall–Kier alpha value is -3.41. The third-order valence-electron chi connectivity index (χ3n) is 3.75. The molecule has 2 N–H and O–H groups in total. The van der Waals surface area contributed by atoms with Crippen LogP contribution >= 0.6 is 11.3 Å². The fourth-order valence-electron chi connectivity index (χ4n) is 2.50. The highest BCUT2D eigenvalue weighted by Crippen LogP contribution is 2.37. The lowest BCUT2D eigenvalue weighted by molar-refractivity contribution is -0.605. The van der Waals surface area contributed by atoms with Crippen LogP contribution in [0.1, 0.15) is 12.6 Å². The molecule has 3 rings (SSSR count). The van der Waals surface area contributed by atoms with Gasteiger partial charge in [0.1, 0.15) is 11.2 Å². The van der Waals surface area contributed by atoms with Crippen LogP contribution in [0, 0.1) is 10.4 Å². The van der Waals surface area contributed by atoms with Crippen LogP contribution in [-0.2, 0) is 6.18 Å². The standard InChI is InChI=1S/C17H14F3N5O3S/c1-2-21-16(26)23-14-6-11(15-22-13(9-29-15)17(18,19)20)12(8-25(14)28)10-4-3-5-24(27)7-10/h3-9H,2H2,1H3,(H2,21,23,26). The second kappa shape index (κ2) is 7.91. The van der Waals surface area contributed by atoms with Crippen molar-refractivity contribution in [2.24, 2.45) is 0 Å². The Morgan fingerprint density at radius 3 is 2.66 bits per heavy atom. The maximum absolute atomic E-state index is 13.0. The third kappa shape index (κ3) is 4.54. The molecule has 0 unspecified atom stereocenters. The van der Waals surface area contributed by atoms with E-state index in [1.54, 1.807) is 6.92 Å². The number of nitrogens with zero attached hydrogens (tertiary/aromatic N) is 3. The number of halogens is 3. The van der Waals surface area contributed by atoms with Crippen molar-refractivity contribution >= 4 is 23.2 Å². The molecule has 0 aliphatic rings. The molecular formula is C17H14F3N5O3S. The second-order valence-electron chi connectivity index (χ2n) is 5.78. The van der Waals surface area contributed by atoms with Crippen LogP contribution in [0.3, 0.4) is 0 Å². The molecule has 152 valence electrons. The maximum Gasteiger partial charge on any atom is 0.434 e. The summed E-state index contributed by atoms with van der Waals surface area (Å²) in [6.45, 7) is 1.99. The number of carbonyl (C=O) groups excluding carboxylic acids is 1. The van der Waals surface area contributed by atoms with E-state index >= 15 is 0 Å². The predicted octanol–water partition coefficient (Wildman–Crippen LogP) is 2.90. The normalized spacial score (nSPS) is 11.3. The molecular weight excluding hydrogens is 411 g/mol. The molecule has 0 spiro atoms. The lowest BCUT2D eigenvalue weighted by Gasteiger charge is -2.14. The quantitative estimate of drug-likeness (QED) is 0.495. The van der Waals surface area contributed by atoms with Crippen molar-refractivity contribution in [1.82, 2.24) is 10.3 Å². The number of pyridine rings is 2. The molecule has 0 bridgehead atoms. The number of thiazole rings is 1. The van der Waals surface area contributed by atoms with Crippen molar-refractivity contribution in [1.29, 1.82) is 0 Å². The Morgan fingerprint density at radius 2 is 2.03 bits per heavy atom. The summed E-state index contributed by atoms with van der Waals surface area (Å²) in [5.74, 6) is -0.204. The van der Waals surface area contributed by atoms with Gasteiger partial charge in [-0.25, -0.2) is 14.5 Å². The summed E-state index contributed by atoms with van der Waals surface area (Å²) in [6, 6.07) is 3.54. The number of rotatable bonds is 4. The first kappa shape index (κ1) is 20.3. The van der Waals surface area contributed by atoms with Crippen LogP contribution in [0.25, 0.3) is 21.7 Å². The molecule has 0 atom stereocenters. The summed E-state index contributed by atoms with van der Waals surface area (Å²) in [7, 11) is 0. The van der Waals surface area contributed by atoms with Gasteiger partial charge in [0.05, 0.1) is 5.56 Å². The Balaban J connectivity index is 2.16. The number of alkyl halides is 3. The molecule has 29 heavy (non-hydrogen) atoms. The third-order valence-corrected chi connectivity index (χ3v) is 4.62. The molecule has 2 amide bonds. The SMILES string of the molecule is CCNC(=O)Nc1cc(-c2nc(C(F)(F)F)cs2)c(-c2ccc[n+]([O-])c2)c[n+]1[O-]. The van der Waals surface area contributed by atoms with E-state index in [0.29, 0.717) is 21.6 Å². The van der Waals surface area contributed by atoms with E-state index in [2.05, 4.69) is 15.6 Å². The van der Waals surface area contributed by atoms with Crippen LogP contribution < -0.4 is 20.1 Å². The van der Waals surface area contributed by atoms with E-state index in [1.807, 2.05) is 0 Å². The molecule has 3 aromatic heterocycles. The first-order valence-corrected chi connectivity index (χ1v) is 9.11. The smallest absolute Gasteiger partial charge is 0.434 e. The first-order chi connectivity index (χ1) is 13.7. The van der Waals surface area contributed by atoms with E-state index in [1.165, 1.54) is 30.6 Å². The average molecular weight is 425 g/mol. The number of urea groups is 1. The van der Waals surface area contributed by atoms with Gasteiger partial charge in [-0.15, -0.1) is 11.3 Å². The maximum atomic E-state index is 13.0. The predicted molar refractivity (Wildman–Crippen MR) is 98.6 cm³/mol. The summed E-state index contributed by atoms with van der Waals surface area (Å²) in [6.07, 6.45) is -1.16. The van der Waals surface area contributed by atoms with Gasteiger partial charge in [0.2, 0.25) is 0 Å². The molecule has 0 fully saturated rings. The number of hydrogen-bond acceptors (Lipinski definition) is 5. The van der Waals surface area contributed by atoms with Crippen molar-refractivity contribution < 1.29 is 27.4 Å². The van der Waals surface area contributed by atoms with Gasteiger partial charge >= 0.3 is 12.2 Å². The van der Waals surface area contributed by atoms with Crippen molar-refractivity contribution in [3.05, 3.63) is 58.3 Å². The number of hydrogen-bond donors (Lipinski definition) is 2. The lowest BCUT2D eigenvalue weighted by Crippen LogP contribution is -2.37. The number of nitrogens with one attached hydrogen (secondary N) is 2. The van der Waals surface area contributed by atoms with Gasteiger partial charge < -0.3 is 15.7 Å². The number of amides is 2. The van der Waals surface area contributed by atoms with Crippen LogP contribution in [0.15, 0.2) is 42.2 Å². The minimum atomic E-state index is -4.63. The monoisotopic (exact) mass is 425 g/mol. The minimum absolute atomic E-state index is 0.0202. The first-order valence-electron chi connectivity index (χ1n) is 8.23. The zero-order chi connectivity index (χ0) is 21.2. The van der Waals surface area contributed by atoms with E-state index in [-0.39, 0.29) is 22.0 Å². The summed E-state index contributed by atoms with van der Waals surface area (Å²) in [5.41, 5.74) is -0.423. The Labute approximate surface area is 166 Å². The Morgan fingerprint density at radius 1 is 1.28 bits per heavy atom. The van der Waals surface area contributed by atoms with Crippen LogP contribution in [0.5, 0.6) is 0 Å². The molecule has 0 saturated heterocycles. The van der Waals surface area contributed by atoms with Gasteiger partial charge in [-0.1, -0.05) is 0 Å². The van der Waals surface area contributed by atoms with E-state index in [0.717, 1.165) is 22.9 Å². The topological polar surface area (TPSA) is 108 Å². The largest absolute Gasteiger partial charge is 0.711 e. The Kier molecular flexibility index (Phi) is 5.55. The van der Waals surface area contributed by atoms with Gasteiger partial charge in [0.15, 0.2) is 18.1 Å². The van der Waals surface area contributed by atoms with Crippen molar-refractivity contribution in [3.63, 3.8) is 0 Å². The summed E-state index contributed by atoms with van der Waals surface area (Å²) in [5, 5.41) is 29.6. The fraction of sp³-hybridized carbons (Fsp3) is 0.176. The van der Waals surface area contributed by atoms with Gasteiger partial charge in [-0.2, -0.15) is 23.2 Å². The molecule has 0 aliphatic heterocycles.